The van der Waals surface area contributed by atoms with E-state index in [1.807, 2.05) is 0 Å². The normalized spacial score (nSPS) is 12.2. The average molecular weight is 406 g/mol. The maximum absolute atomic E-state index is 4.50. The number of nitrogens with zero attached hydrogens (tertiary/aromatic N) is 2. The fourth-order valence-electron chi connectivity index (χ4n) is 4.53. The van der Waals surface area contributed by atoms with Crippen LogP contribution in [0.5, 0.6) is 0 Å². The molecular weight excluding hydrogens is 378 g/mol. The summed E-state index contributed by atoms with van der Waals surface area (Å²) in [6, 6.07) is 28.3. The van der Waals surface area contributed by atoms with E-state index in [1.165, 1.54) is 51.4 Å². The molecule has 1 N–H and O–H groups in total. The quantitative estimate of drug-likeness (QED) is 0.342. The minimum atomic E-state index is 0.977. The lowest BCUT2D eigenvalue weighted by molar-refractivity contribution is 0.784. The number of fused-ring (bicyclic) bond motifs is 2. The summed E-state index contributed by atoms with van der Waals surface area (Å²) >= 11 is 0. The Morgan fingerprint density at radius 3 is 2.45 bits per heavy atom. The second-order valence-corrected chi connectivity index (χ2v) is 8.25. The van der Waals surface area contributed by atoms with Gasteiger partial charge in [-0.3, -0.25) is 0 Å². The van der Waals surface area contributed by atoms with Crippen molar-refractivity contribution in [1.82, 2.24) is 5.22 Å². The van der Waals surface area contributed by atoms with Crippen molar-refractivity contribution in [2.45, 2.75) is 39.0 Å². The van der Waals surface area contributed by atoms with Crippen LogP contribution in [0.4, 0.5) is 11.4 Å². The Morgan fingerprint density at radius 2 is 1.61 bits per heavy atom. The topological polar surface area (TPSA) is 38.5 Å². The predicted molar refractivity (Wildman–Crippen MR) is 130 cm³/mol. The minimum Gasteiger partial charge on any atom is -0.0687 e. The lowest BCUT2D eigenvalue weighted by Gasteiger charge is -2.17. The molecule has 1 aliphatic rings. The van der Waals surface area contributed by atoms with Crippen molar-refractivity contribution in [3.05, 3.63) is 95.6 Å². The zero-order valence-corrected chi connectivity index (χ0v) is 17.9. The summed E-state index contributed by atoms with van der Waals surface area (Å²) in [4.78, 5) is 0. The van der Waals surface area contributed by atoms with Gasteiger partial charge >= 0.3 is 5.22 Å². The van der Waals surface area contributed by atoms with Crippen molar-refractivity contribution < 1.29 is 0 Å². The maximum atomic E-state index is 4.50. The number of anilines is 1. The molecule has 4 aromatic rings. The van der Waals surface area contributed by atoms with E-state index in [0.717, 1.165) is 30.6 Å². The summed E-state index contributed by atoms with van der Waals surface area (Å²) in [5, 5.41) is 11.2. The number of unbranched alkanes of at least 4 members (excludes halogenated alkanes) is 1. The smallest absolute Gasteiger partial charge is 0.0687 e. The van der Waals surface area contributed by atoms with Crippen molar-refractivity contribution >= 4 is 22.1 Å². The molecule has 1 heterocycles. The van der Waals surface area contributed by atoms with Gasteiger partial charge in [0.25, 0.3) is 0 Å². The van der Waals surface area contributed by atoms with Crippen LogP contribution in [0.1, 0.15) is 36.5 Å². The van der Waals surface area contributed by atoms with E-state index < -0.39 is 0 Å². The van der Waals surface area contributed by atoms with Crippen LogP contribution in [0.3, 0.4) is 0 Å². The van der Waals surface area contributed by atoms with E-state index in [4.69, 9.17) is 0 Å². The van der Waals surface area contributed by atoms with E-state index in [9.17, 15) is 0 Å². The molecule has 0 spiro atoms. The molecule has 5 rings (SSSR count). The SMILES string of the molecule is CCCCc1c(CCc2ccccc2)cc2c(c1-c1ccc3ccccc3c1)N=[N+]N2. The summed E-state index contributed by atoms with van der Waals surface area (Å²) in [5.74, 6) is 0. The van der Waals surface area contributed by atoms with Crippen LogP contribution in [0.15, 0.2) is 84.0 Å². The van der Waals surface area contributed by atoms with Gasteiger partial charge in [0, 0.05) is 5.56 Å². The highest BCUT2D eigenvalue weighted by Gasteiger charge is 2.27. The second kappa shape index (κ2) is 8.73. The molecule has 0 aliphatic carbocycles. The Balaban J connectivity index is 1.63. The first kappa shape index (κ1) is 19.5. The number of aryl methyl sites for hydroxylation is 2. The van der Waals surface area contributed by atoms with E-state index >= 15 is 0 Å². The number of nitrogens with one attached hydrogen (secondary N) is 1. The molecule has 1 aliphatic heterocycles. The van der Waals surface area contributed by atoms with Gasteiger partial charge in [0.15, 0.2) is 5.69 Å². The molecule has 0 saturated heterocycles. The van der Waals surface area contributed by atoms with E-state index in [1.54, 1.807) is 0 Å². The molecule has 0 bridgehead atoms. The molecular formula is C28H27N3+. The van der Waals surface area contributed by atoms with E-state index in [0.29, 0.717) is 0 Å². The third-order valence-electron chi connectivity index (χ3n) is 6.16. The highest BCUT2D eigenvalue weighted by molar-refractivity contribution is 5.94. The van der Waals surface area contributed by atoms with Crippen molar-refractivity contribution in [2.24, 2.45) is 5.11 Å². The summed E-state index contributed by atoms with van der Waals surface area (Å²) in [6.07, 6.45) is 5.45. The Labute approximate surface area is 183 Å². The molecule has 0 fully saturated rings. The van der Waals surface area contributed by atoms with E-state index in [-0.39, 0.29) is 0 Å². The van der Waals surface area contributed by atoms with Crippen LogP contribution in [0, 0.1) is 0 Å². The first-order valence-electron chi connectivity index (χ1n) is 11.2. The monoisotopic (exact) mass is 405 g/mol. The highest BCUT2D eigenvalue weighted by atomic mass is 15.5. The van der Waals surface area contributed by atoms with Gasteiger partial charge in [-0.25, -0.2) is 0 Å². The Bertz CT molecular complexity index is 1240. The van der Waals surface area contributed by atoms with Crippen molar-refractivity contribution in [3.63, 3.8) is 0 Å². The van der Waals surface area contributed by atoms with Crippen LogP contribution in [-0.4, -0.2) is 0 Å². The van der Waals surface area contributed by atoms with Gasteiger partial charge in [0.05, 0.1) is 0 Å². The molecule has 1 radical (unpaired) electrons. The number of hydrogen-bond donors (Lipinski definition) is 1. The van der Waals surface area contributed by atoms with Gasteiger partial charge in [-0.05, 0) is 70.8 Å². The van der Waals surface area contributed by atoms with Gasteiger partial charge < -0.3 is 0 Å². The van der Waals surface area contributed by atoms with Gasteiger partial charge in [0.2, 0.25) is 0 Å². The summed E-state index contributed by atoms with van der Waals surface area (Å²) in [7, 11) is 0. The molecule has 0 amide bonds. The molecule has 31 heavy (non-hydrogen) atoms. The van der Waals surface area contributed by atoms with Crippen LogP contribution in [-0.2, 0) is 19.3 Å². The highest BCUT2D eigenvalue weighted by Crippen LogP contribution is 2.44. The lowest BCUT2D eigenvalue weighted by Crippen LogP contribution is -2.03. The van der Waals surface area contributed by atoms with Gasteiger partial charge in [-0.15, -0.1) is 0 Å². The van der Waals surface area contributed by atoms with Crippen LogP contribution >= 0.6 is 0 Å². The Morgan fingerprint density at radius 1 is 0.806 bits per heavy atom. The summed E-state index contributed by atoms with van der Waals surface area (Å²) in [6.45, 7) is 2.26. The Hall–Kier alpha value is -3.46. The summed E-state index contributed by atoms with van der Waals surface area (Å²) < 4.78 is 0. The van der Waals surface area contributed by atoms with Crippen molar-refractivity contribution in [1.29, 1.82) is 0 Å². The number of hydrogen-bond acceptors (Lipinski definition) is 3. The zero-order valence-electron chi connectivity index (χ0n) is 17.9. The predicted octanol–water partition coefficient (Wildman–Crippen LogP) is 7.39. The fourth-order valence-corrected chi connectivity index (χ4v) is 4.53. The molecule has 3 heteroatoms. The lowest BCUT2D eigenvalue weighted by atomic mass is 9.87. The molecule has 0 aromatic heterocycles. The van der Waals surface area contributed by atoms with Crippen LogP contribution in [0.25, 0.3) is 21.9 Å². The molecule has 0 atom stereocenters. The van der Waals surface area contributed by atoms with Crippen molar-refractivity contribution in [2.75, 3.05) is 5.43 Å². The molecule has 4 aromatic carbocycles. The molecule has 153 valence electrons. The Kier molecular flexibility index (Phi) is 5.49. The third kappa shape index (κ3) is 3.96. The number of benzene rings is 4. The second-order valence-electron chi connectivity index (χ2n) is 8.25. The molecule has 3 nitrogen and oxygen atoms in total. The van der Waals surface area contributed by atoms with Gasteiger partial charge in [-0.1, -0.05) is 85.5 Å². The minimum absolute atomic E-state index is 0.977. The van der Waals surface area contributed by atoms with Crippen LogP contribution < -0.4 is 10.6 Å². The largest absolute Gasteiger partial charge is 0.331 e. The fraction of sp³-hybridized carbons (Fsp3) is 0.214. The van der Waals surface area contributed by atoms with Crippen LogP contribution in [0.2, 0.25) is 0 Å². The first-order valence-corrected chi connectivity index (χ1v) is 11.2. The number of rotatable bonds is 7. The zero-order chi connectivity index (χ0) is 21.0. The maximum Gasteiger partial charge on any atom is 0.331 e. The average Bonchev–Trinajstić information content (AvgIpc) is 3.29. The molecule has 0 saturated carbocycles. The van der Waals surface area contributed by atoms with E-state index in [2.05, 4.69) is 102 Å². The standard InChI is InChI=1S/C28H27N3/c1-2-3-13-25-23(15-14-20-9-5-4-6-10-20)19-26-28(30-31-29-26)27(25)24-17-16-21-11-7-8-12-22(21)18-24/h4-12,16-19H,2-3,13-15H2,1H3,(H,29,30)/q+1. The van der Waals surface area contributed by atoms with Crippen molar-refractivity contribution in [3.8, 4) is 11.1 Å². The summed E-state index contributed by atoms with van der Waals surface area (Å²) in [5.41, 5.74) is 11.8. The third-order valence-corrected chi connectivity index (χ3v) is 6.16. The first-order chi connectivity index (χ1) is 15.3. The van der Waals surface area contributed by atoms with Gasteiger partial charge in [0.1, 0.15) is 10.8 Å². The molecule has 0 unspecified atom stereocenters. The van der Waals surface area contributed by atoms with Gasteiger partial charge in [-0.2, -0.15) is 0 Å².